The molecule has 0 aliphatic heterocycles. The van der Waals surface area contributed by atoms with Crippen molar-refractivity contribution in [1.29, 1.82) is 0 Å². The van der Waals surface area contributed by atoms with Crippen LogP contribution in [0.3, 0.4) is 0 Å². The number of Topliss-reactive ketones (excluding diaryl/α,β-unsaturated/α-hetero) is 1. The van der Waals surface area contributed by atoms with E-state index >= 15 is 0 Å². The van der Waals surface area contributed by atoms with E-state index in [2.05, 4.69) is 0 Å². The van der Waals surface area contributed by atoms with Gasteiger partial charge in [-0.1, -0.05) is 0 Å². The zero-order chi connectivity index (χ0) is 13.0. The summed E-state index contributed by atoms with van der Waals surface area (Å²) < 4.78 is 5.08. The van der Waals surface area contributed by atoms with Gasteiger partial charge in [0, 0.05) is 5.56 Å². The molecule has 0 bridgehead atoms. The molecule has 0 heterocycles. The van der Waals surface area contributed by atoms with Crippen LogP contribution in [0.4, 0.5) is 5.69 Å². The predicted octanol–water partition coefficient (Wildman–Crippen LogP) is 2.01. The molecule has 0 aliphatic carbocycles. The summed E-state index contributed by atoms with van der Waals surface area (Å²) in [6.45, 7) is 3.18. The topological polar surface area (TPSA) is 86.5 Å². The maximum Gasteiger partial charge on any atom is 0.321 e. The van der Waals surface area contributed by atoms with Crippen LogP contribution in [0.1, 0.15) is 34.6 Å². The third-order valence-electron chi connectivity index (χ3n) is 2.12. The SMILES string of the molecule is CCOc1cc(C(C)=O)cc(C=O)c1[N+](=O)[O-]. The van der Waals surface area contributed by atoms with E-state index in [0.29, 0.717) is 6.29 Å². The monoisotopic (exact) mass is 237 g/mol. The molecule has 0 fully saturated rings. The van der Waals surface area contributed by atoms with Gasteiger partial charge in [-0.2, -0.15) is 0 Å². The van der Waals surface area contributed by atoms with Gasteiger partial charge in [-0.25, -0.2) is 0 Å². The first kappa shape index (κ1) is 12.8. The number of ether oxygens (including phenoxy) is 1. The molecule has 90 valence electrons. The summed E-state index contributed by atoms with van der Waals surface area (Å²) in [7, 11) is 0. The van der Waals surface area contributed by atoms with Crippen LogP contribution in [0.2, 0.25) is 0 Å². The van der Waals surface area contributed by atoms with Crippen molar-refractivity contribution in [3.63, 3.8) is 0 Å². The van der Waals surface area contributed by atoms with Gasteiger partial charge in [-0.3, -0.25) is 19.7 Å². The lowest BCUT2D eigenvalue weighted by Gasteiger charge is -2.07. The highest BCUT2D eigenvalue weighted by molar-refractivity contribution is 5.98. The lowest BCUT2D eigenvalue weighted by Crippen LogP contribution is -2.04. The first-order valence-electron chi connectivity index (χ1n) is 4.92. The van der Waals surface area contributed by atoms with E-state index in [0.717, 1.165) is 0 Å². The van der Waals surface area contributed by atoms with Crippen LogP contribution in [-0.4, -0.2) is 23.6 Å². The van der Waals surface area contributed by atoms with Crippen LogP contribution < -0.4 is 4.74 Å². The second kappa shape index (κ2) is 5.20. The lowest BCUT2D eigenvalue weighted by molar-refractivity contribution is -0.386. The zero-order valence-corrected chi connectivity index (χ0v) is 9.43. The number of hydrogen-bond donors (Lipinski definition) is 0. The molecular weight excluding hydrogens is 226 g/mol. The Labute approximate surface area is 97.3 Å². The quantitative estimate of drug-likeness (QED) is 0.338. The first-order valence-corrected chi connectivity index (χ1v) is 4.92. The maximum absolute atomic E-state index is 11.2. The smallest absolute Gasteiger partial charge is 0.321 e. The number of ketones is 1. The third kappa shape index (κ3) is 2.66. The van der Waals surface area contributed by atoms with E-state index < -0.39 is 10.6 Å². The molecular formula is C11H11NO5. The highest BCUT2D eigenvalue weighted by Gasteiger charge is 2.23. The van der Waals surface area contributed by atoms with Crippen LogP contribution in [0.5, 0.6) is 5.75 Å². The predicted molar refractivity (Wildman–Crippen MR) is 59.7 cm³/mol. The van der Waals surface area contributed by atoms with Crippen molar-refractivity contribution in [2.75, 3.05) is 6.61 Å². The van der Waals surface area contributed by atoms with Gasteiger partial charge in [0.05, 0.1) is 17.1 Å². The molecule has 6 heteroatoms. The Kier molecular flexibility index (Phi) is 3.92. The van der Waals surface area contributed by atoms with Gasteiger partial charge in [0.1, 0.15) is 0 Å². The molecule has 0 aromatic heterocycles. The van der Waals surface area contributed by atoms with E-state index in [9.17, 15) is 19.7 Å². The number of aldehydes is 1. The van der Waals surface area contributed by atoms with Crippen molar-refractivity contribution in [3.05, 3.63) is 33.4 Å². The average Bonchev–Trinajstić information content (AvgIpc) is 2.27. The fourth-order valence-corrected chi connectivity index (χ4v) is 1.38. The Morgan fingerprint density at radius 1 is 1.53 bits per heavy atom. The number of nitro benzene ring substituents is 1. The Balaban J connectivity index is 3.50. The van der Waals surface area contributed by atoms with Gasteiger partial charge in [-0.05, 0) is 26.0 Å². The van der Waals surface area contributed by atoms with Crippen LogP contribution in [0.15, 0.2) is 12.1 Å². The number of carbonyl (C=O) groups is 2. The second-order valence-electron chi connectivity index (χ2n) is 3.28. The van der Waals surface area contributed by atoms with Crippen molar-refractivity contribution < 1.29 is 19.2 Å². The number of benzene rings is 1. The number of nitro groups is 1. The number of rotatable bonds is 5. The summed E-state index contributed by atoms with van der Waals surface area (Å²) in [4.78, 5) is 32.1. The van der Waals surface area contributed by atoms with Crippen molar-refractivity contribution in [2.24, 2.45) is 0 Å². The molecule has 0 atom stereocenters. The Hall–Kier alpha value is -2.24. The molecule has 0 saturated heterocycles. The summed E-state index contributed by atoms with van der Waals surface area (Å²) in [5.41, 5.74) is -0.362. The first-order chi connectivity index (χ1) is 8.01. The van der Waals surface area contributed by atoms with Gasteiger partial charge in [0.2, 0.25) is 0 Å². The molecule has 0 saturated carbocycles. The van der Waals surface area contributed by atoms with Crippen molar-refractivity contribution in [1.82, 2.24) is 0 Å². The van der Waals surface area contributed by atoms with Crippen LogP contribution in [0.25, 0.3) is 0 Å². The minimum Gasteiger partial charge on any atom is -0.487 e. The van der Waals surface area contributed by atoms with Crippen molar-refractivity contribution >= 4 is 17.8 Å². The highest BCUT2D eigenvalue weighted by atomic mass is 16.6. The number of hydrogen-bond acceptors (Lipinski definition) is 5. The molecule has 0 amide bonds. The molecule has 1 aromatic rings. The lowest BCUT2D eigenvalue weighted by atomic mass is 10.1. The van der Waals surface area contributed by atoms with E-state index in [1.807, 2.05) is 0 Å². The van der Waals surface area contributed by atoms with E-state index in [1.54, 1.807) is 6.92 Å². The minimum atomic E-state index is -0.696. The number of nitrogens with zero attached hydrogens (tertiary/aromatic N) is 1. The van der Waals surface area contributed by atoms with Crippen molar-refractivity contribution in [2.45, 2.75) is 13.8 Å². The Bertz CT molecular complexity index is 481. The fourth-order valence-electron chi connectivity index (χ4n) is 1.38. The van der Waals surface area contributed by atoms with Crippen LogP contribution in [0, 0.1) is 10.1 Å². The van der Waals surface area contributed by atoms with E-state index in [4.69, 9.17) is 4.74 Å². The second-order valence-corrected chi connectivity index (χ2v) is 3.28. The van der Waals surface area contributed by atoms with Crippen LogP contribution >= 0.6 is 0 Å². The van der Waals surface area contributed by atoms with Gasteiger partial charge in [0.15, 0.2) is 17.8 Å². The Morgan fingerprint density at radius 2 is 2.18 bits per heavy atom. The van der Waals surface area contributed by atoms with Crippen molar-refractivity contribution in [3.8, 4) is 5.75 Å². The molecule has 1 aromatic carbocycles. The molecule has 0 radical (unpaired) electrons. The summed E-state index contributed by atoms with van der Waals surface area (Å²) in [5, 5.41) is 10.8. The zero-order valence-electron chi connectivity index (χ0n) is 9.43. The fraction of sp³-hybridized carbons (Fsp3) is 0.273. The molecule has 6 nitrogen and oxygen atoms in total. The maximum atomic E-state index is 11.2. The molecule has 1 rings (SSSR count). The number of carbonyl (C=O) groups excluding carboxylic acids is 2. The average molecular weight is 237 g/mol. The molecule has 17 heavy (non-hydrogen) atoms. The van der Waals surface area contributed by atoms with E-state index in [1.165, 1.54) is 19.1 Å². The van der Waals surface area contributed by atoms with Gasteiger partial charge >= 0.3 is 5.69 Å². The largest absolute Gasteiger partial charge is 0.487 e. The molecule has 0 aliphatic rings. The normalized spacial score (nSPS) is 9.76. The Morgan fingerprint density at radius 3 is 2.59 bits per heavy atom. The minimum absolute atomic E-state index is 0.0627. The standard InChI is InChI=1S/C11H11NO5/c1-3-17-10-5-8(7(2)14)4-9(6-13)11(10)12(15)16/h4-6H,3H2,1-2H3. The summed E-state index contributed by atoms with van der Waals surface area (Å²) in [6, 6.07) is 2.47. The third-order valence-corrected chi connectivity index (χ3v) is 2.12. The van der Waals surface area contributed by atoms with Crippen LogP contribution in [-0.2, 0) is 0 Å². The molecule has 0 spiro atoms. The summed E-state index contributed by atoms with van der Waals surface area (Å²) in [5.74, 6) is -0.351. The highest BCUT2D eigenvalue weighted by Crippen LogP contribution is 2.31. The summed E-state index contributed by atoms with van der Waals surface area (Å²) in [6.07, 6.45) is 0.340. The summed E-state index contributed by atoms with van der Waals surface area (Å²) >= 11 is 0. The molecule has 0 N–H and O–H groups in total. The van der Waals surface area contributed by atoms with Gasteiger partial charge < -0.3 is 4.74 Å². The van der Waals surface area contributed by atoms with Gasteiger partial charge in [-0.15, -0.1) is 0 Å². The molecule has 0 unspecified atom stereocenters. The van der Waals surface area contributed by atoms with E-state index in [-0.39, 0.29) is 29.3 Å². The van der Waals surface area contributed by atoms with Gasteiger partial charge in [0.25, 0.3) is 0 Å².